The molecule has 1 unspecified atom stereocenters. The van der Waals surface area contributed by atoms with E-state index < -0.39 is 5.60 Å². The van der Waals surface area contributed by atoms with Gasteiger partial charge in [0.1, 0.15) is 0 Å². The van der Waals surface area contributed by atoms with Crippen molar-refractivity contribution >= 4 is 34.7 Å². The van der Waals surface area contributed by atoms with Crippen LogP contribution < -0.4 is 0 Å². The van der Waals surface area contributed by atoms with Gasteiger partial charge in [-0.15, -0.1) is 0 Å². The average molecular weight is 441 g/mol. The van der Waals surface area contributed by atoms with E-state index in [1.54, 1.807) is 0 Å². The van der Waals surface area contributed by atoms with Gasteiger partial charge in [0.15, 0.2) is 0 Å². The van der Waals surface area contributed by atoms with Crippen molar-refractivity contribution in [3.8, 4) is 0 Å². The van der Waals surface area contributed by atoms with Crippen molar-refractivity contribution in [1.82, 2.24) is 4.98 Å². The van der Waals surface area contributed by atoms with Gasteiger partial charge in [-0.1, -0.05) is 85.3 Å². The lowest BCUT2D eigenvalue weighted by atomic mass is 9.81. The van der Waals surface area contributed by atoms with Crippen LogP contribution in [0, 0.1) is 6.92 Å². The van der Waals surface area contributed by atoms with Gasteiger partial charge in [0.05, 0.1) is 16.8 Å². The van der Waals surface area contributed by atoms with E-state index in [9.17, 15) is 5.11 Å². The zero-order valence-electron chi connectivity index (χ0n) is 18.4. The van der Waals surface area contributed by atoms with Crippen LogP contribution in [0.1, 0.15) is 54.1 Å². The highest BCUT2D eigenvalue weighted by Gasteiger charge is 2.24. The topological polar surface area (TPSA) is 33.1 Å². The van der Waals surface area contributed by atoms with Crippen molar-refractivity contribution in [3.05, 3.63) is 119 Å². The SMILES string of the molecule is [CH2]CC(c1cccc(C=Cc2ccc3ccc(Cl)cc3n2)c1)c1ccccc1C(C)(C)O. The molecule has 1 atom stereocenters. The first kappa shape index (κ1) is 22.3. The number of rotatable bonds is 6. The summed E-state index contributed by atoms with van der Waals surface area (Å²) in [5.74, 6) is 0.104. The lowest BCUT2D eigenvalue weighted by Gasteiger charge is -2.26. The van der Waals surface area contributed by atoms with Gasteiger partial charge in [0.2, 0.25) is 0 Å². The summed E-state index contributed by atoms with van der Waals surface area (Å²) in [5, 5.41) is 12.4. The molecular weight excluding hydrogens is 414 g/mol. The summed E-state index contributed by atoms with van der Waals surface area (Å²) in [6, 6.07) is 26.4. The molecule has 1 aromatic heterocycles. The molecule has 1 N–H and O–H groups in total. The quantitative estimate of drug-likeness (QED) is 0.334. The van der Waals surface area contributed by atoms with Crippen molar-refractivity contribution in [2.75, 3.05) is 0 Å². The molecule has 4 rings (SSSR count). The van der Waals surface area contributed by atoms with Crippen LogP contribution >= 0.6 is 11.6 Å². The van der Waals surface area contributed by atoms with Crippen LogP contribution in [0.2, 0.25) is 5.02 Å². The molecule has 1 heterocycles. The highest BCUT2D eigenvalue weighted by atomic mass is 35.5. The van der Waals surface area contributed by atoms with E-state index in [4.69, 9.17) is 16.6 Å². The fourth-order valence-electron chi connectivity index (χ4n) is 4.12. The lowest BCUT2D eigenvalue weighted by molar-refractivity contribution is 0.0774. The minimum absolute atomic E-state index is 0.104. The Morgan fingerprint density at radius 1 is 0.969 bits per heavy atom. The van der Waals surface area contributed by atoms with Gasteiger partial charge in [-0.3, -0.25) is 0 Å². The largest absolute Gasteiger partial charge is 0.386 e. The predicted molar refractivity (Wildman–Crippen MR) is 136 cm³/mol. The number of aliphatic hydroxyl groups is 1. The van der Waals surface area contributed by atoms with Gasteiger partial charge < -0.3 is 5.11 Å². The second-order valence-electron chi connectivity index (χ2n) is 8.56. The first-order chi connectivity index (χ1) is 15.3. The molecule has 0 saturated heterocycles. The van der Waals surface area contributed by atoms with E-state index in [1.165, 1.54) is 5.56 Å². The van der Waals surface area contributed by atoms with Crippen LogP contribution in [-0.4, -0.2) is 10.1 Å². The zero-order valence-corrected chi connectivity index (χ0v) is 19.2. The maximum atomic E-state index is 10.7. The van der Waals surface area contributed by atoms with Crippen molar-refractivity contribution < 1.29 is 5.11 Å². The Bertz CT molecular complexity index is 1270. The molecule has 3 heteroatoms. The number of nitrogens with zero attached hydrogens (tertiary/aromatic N) is 1. The summed E-state index contributed by atoms with van der Waals surface area (Å²) in [6.07, 6.45) is 4.79. The fourth-order valence-corrected chi connectivity index (χ4v) is 4.29. The van der Waals surface area contributed by atoms with E-state index in [2.05, 4.69) is 49.4 Å². The Morgan fingerprint density at radius 2 is 1.75 bits per heavy atom. The second kappa shape index (κ2) is 9.28. The molecule has 32 heavy (non-hydrogen) atoms. The molecule has 0 saturated carbocycles. The molecule has 0 aliphatic rings. The molecule has 161 valence electrons. The van der Waals surface area contributed by atoms with Crippen molar-refractivity contribution in [2.24, 2.45) is 0 Å². The van der Waals surface area contributed by atoms with Crippen molar-refractivity contribution in [2.45, 2.75) is 31.8 Å². The van der Waals surface area contributed by atoms with Crippen LogP contribution in [-0.2, 0) is 5.60 Å². The number of hydrogen-bond donors (Lipinski definition) is 1. The lowest BCUT2D eigenvalue weighted by Crippen LogP contribution is -2.19. The van der Waals surface area contributed by atoms with Gasteiger partial charge in [-0.05, 0) is 66.8 Å². The molecule has 1 radical (unpaired) electrons. The summed E-state index contributed by atoms with van der Waals surface area (Å²) in [5.41, 5.74) is 5.18. The molecule has 4 aromatic rings. The molecule has 0 fully saturated rings. The van der Waals surface area contributed by atoms with E-state index in [0.29, 0.717) is 11.4 Å². The average Bonchev–Trinajstić information content (AvgIpc) is 2.78. The third kappa shape index (κ3) is 4.93. The second-order valence-corrected chi connectivity index (χ2v) is 9.00. The van der Waals surface area contributed by atoms with E-state index in [0.717, 1.165) is 33.3 Å². The van der Waals surface area contributed by atoms with Gasteiger partial charge in [0.25, 0.3) is 0 Å². The third-order valence-electron chi connectivity index (χ3n) is 5.72. The zero-order chi connectivity index (χ0) is 22.7. The standard InChI is InChI=1S/C29H27ClNO/c1-4-25(26-10-5-6-11-27(26)29(2,3)32)22-9-7-8-20(18-22)12-16-24-17-14-21-13-15-23(30)19-28(21)31-24/h5-19,25,32H,1,4H2,2-3H3. The molecule has 0 aliphatic carbocycles. The molecule has 0 amide bonds. The number of pyridine rings is 1. The molecule has 2 nitrogen and oxygen atoms in total. The first-order valence-corrected chi connectivity index (χ1v) is 11.2. The van der Waals surface area contributed by atoms with Gasteiger partial charge in [-0.25, -0.2) is 4.98 Å². The van der Waals surface area contributed by atoms with Crippen molar-refractivity contribution in [3.63, 3.8) is 0 Å². The summed E-state index contributed by atoms with van der Waals surface area (Å²) in [4.78, 5) is 4.70. The Balaban J connectivity index is 1.65. The van der Waals surface area contributed by atoms with Gasteiger partial charge in [-0.2, -0.15) is 0 Å². The maximum Gasteiger partial charge on any atom is 0.0843 e. The summed E-state index contributed by atoms with van der Waals surface area (Å²) >= 11 is 6.12. The van der Waals surface area contributed by atoms with Crippen molar-refractivity contribution in [1.29, 1.82) is 0 Å². The van der Waals surface area contributed by atoms with Gasteiger partial charge in [0, 0.05) is 16.3 Å². The summed E-state index contributed by atoms with van der Waals surface area (Å²) < 4.78 is 0. The van der Waals surface area contributed by atoms with E-state index in [-0.39, 0.29) is 5.92 Å². The van der Waals surface area contributed by atoms with E-state index >= 15 is 0 Å². The Kier molecular flexibility index (Phi) is 6.45. The van der Waals surface area contributed by atoms with Crippen LogP contribution in [0.25, 0.3) is 23.1 Å². The van der Waals surface area contributed by atoms with Crippen LogP contribution in [0.4, 0.5) is 0 Å². The van der Waals surface area contributed by atoms with Crippen LogP contribution in [0.5, 0.6) is 0 Å². The summed E-state index contributed by atoms with van der Waals surface area (Å²) in [7, 11) is 0. The molecule has 0 aliphatic heterocycles. The first-order valence-electron chi connectivity index (χ1n) is 10.8. The van der Waals surface area contributed by atoms with Crippen LogP contribution in [0.3, 0.4) is 0 Å². The number of halogens is 1. The Labute approximate surface area is 195 Å². The Hall–Kier alpha value is -2.94. The monoisotopic (exact) mass is 440 g/mol. The van der Waals surface area contributed by atoms with Gasteiger partial charge >= 0.3 is 0 Å². The molecule has 3 aromatic carbocycles. The maximum absolute atomic E-state index is 10.7. The number of benzene rings is 3. The van der Waals surface area contributed by atoms with Crippen LogP contribution in [0.15, 0.2) is 78.9 Å². The molecule has 0 spiro atoms. The van der Waals surface area contributed by atoms with E-state index in [1.807, 2.05) is 62.4 Å². The minimum atomic E-state index is -0.911. The highest BCUT2D eigenvalue weighted by Crippen LogP contribution is 2.35. The smallest absolute Gasteiger partial charge is 0.0843 e. The number of fused-ring (bicyclic) bond motifs is 1. The predicted octanol–water partition coefficient (Wildman–Crippen LogP) is 7.64. The minimum Gasteiger partial charge on any atom is -0.386 e. The highest BCUT2D eigenvalue weighted by molar-refractivity contribution is 6.31. The Morgan fingerprint density at radius 3 is 2.53 bits per heavy atom. The fraction of sp³-hybridized carbons (Fsp3) is 0.172. The number of hydrogen-bond acceptors (Lipinski definition) is 2. The molecular formula is C29H27ClNO. The normalized spacial score (nSPS) is 13.0. The third-order valence-corrected chi connectivity index (χ3v) is 5.95. The molecule has 0 bridgehead atoms. The summed E-state index contributed by atoms with van der Waals surface area (Å²) in [6.45, 7) is 7.86. The number of aromatic nitrogens is 1.